The van der Waals surface area contributed by atoms with E-state index in [0.29, 0.717) is 10.9 Å². The molecule has 7 heteroatoms. The highest BCUT2D eigenvalue weighted by Crippen LogP contribution is 2.29. The molecule has 0 fully saturated rings. The third-order valence-corrected chi connectivity index (χ3v) is 2.93. The van der Waals surface area contributed by atoms with Gasteiger partial charge in [0.15, 0.2) is 0 Å². The number of para-hydroxylation sites is 1. The molecule has 112 valence electrons. The van der Waals surface area contributed by atoms with E-state index in [4.69, 9.17) is 5.11 Å². The van der Waals surface area contributed by atoms with Crippen molar-refractivity contribution in [1.29, 1.82) is 0 Å². The van der Waals surface area contributed by atoms with Crippen LogP contribution in [0.3, 0.4) is 0 Å². The zero-order valence-corrected chi connectivity index (χ0v) is 11.1. The summed E-state index contributed by atoms with van der Waals surface area (Å²) in [6.07, 6.45) is -4.23. The van der Waals surface area contributed by atoms with Crippen LogP contribution in [0.2, 0.25) is 0 Å². The maximum absolute atomic E-state index is 12.4. The topological polar surface area (TPSA) is 62.2 Å². The normalized spacial score (nSPS) is 13.1. The summed E-state index contributed by atoms with van der Waals surface area (Å²) in [6.45, 7) is 1.36. The number of anilines is 1. The Balaban J connectivity index is 2.44. The number of rotatable bonds is 4. The SMILES string of the molecule is CC(CC(F)(F)F)Nc1c(C(=O)O)cnc2ccccc12. The molecule has 0 bridgehead atoms. The molecule has 0 aliphatic carbocycles. The van der Waals surface area contributed by atoms with Crippen LogP contribution in [0.5, 0.6) is 0 Å². The molecule has 0 radical (unpaired) electrons. The van der Waals surface area contributed by atoms with Gasteiger partial charge in [-0.25, -0.2) is 4.79 Å². The fraction of sp³-hybridized carbons (Fsp3) is 0.286. The van der Waals surface area contributed by atoms with Crippen LogP contribution in [-0.2, 0) is 0 Å². The van der Waals surface area contributed by atoms with Gasteiger partial charge in [0.2, 0.25) is 0 Å². The van der Waals surface area contributed by atoms with Crippen LogP contribution in [-0.4, -0.2) is 28.3 Å². The van der Waals surface area contributed by atoms with Gasteiger partial charge in [-0.1, -0.05) is 18.2 Å². The molecule has 0 aliphatic rings. The second-order valence-electron chi connectivity index (χ2n) is 4.73. The number of nitrogens with one attached hydrogen (secondary N) is 1. The first-order valence-corrected chi connectivity index (χ1v) is 6.22. The second kappa shape index (κ2) is 5.59. The molecule has 1 atom stereocenters. The van der Waals surface area contributed by atoms with Gasteiger partial charge in [0.25, 0.3) is 0 Å². The number of carboxylic acids is 1. The van der Waals surface area contributed by atoms with Crippen molar-refractivity contribution in [3.63, 3.8) is 0 Å². The Morgan fingerprint density at radius 3 is 2.67 bits per heavy atom. The number of carbonyl (C=O) groups is 1. The lowest BCUT2D eigenvalue weighted by Gasteiger charge is -2.19. The molecule has 2 N–H and O–H groups in total. The average molecular weight is 298 g/mol. The highest BCUT2D eigenvalue weighted by Gasteiger charge is 2.30. The van der Waals surface area contributed by atoms with E-state index < -0.39 is 24.6 Å². The van der Waals surface area contributed by atoms with Crippen molar-refractivity contribution >= 4 is 22.6 Å². The molecule has 0 amide bonds. The Kier molecular flexibility index (Phi) is 4.02. The Morgan fingerprint density at radius 2 is 2.05 bits per heavy atom. The zero-order chi connectivity index (χ0) is 15.6. The van der Waals surface area contributed by atoms with Crippen molar-refractivity contribution in [2.45, 2.75) is 25.6 Å². The Labute approximate surface area is 118 Å². The summed E-state index contributed by atoms with van der Waals surface area (Å²) >= 11 is 0. The van der Waals surface area contributed by atoms with Crippen LogP contribution >= 0.6 is 0 Å². The maximum Gasteiger partial charge on any atom is 0.391 e. The van der Waals surface area contributed by atoms with Crippen LogP contribution in [0.1, 0.15) is 23.7 Å². The Morgan fingerprint density at radius 1 is 1.38 bits per heavy atom. The number of fused-ring (bicyclic) bond motifs is 1. The molecular formula is C14H13F3N2O2. The molecule has 1 heterocycles. The van der Waals surface area contributed by atoms with E-state index >= 15 is 0 Å². The highest BCUT2D eigenvalue weighted by atomic mass is 19.4. The summed E-state index contributed by atoms with van der Waals surface area (Å²) in [5.41, 5.74) is 0.525. The predicted molar refractivity (Wildman–Crippen MR) is 72.5 cm³/mol. The number of hydrogen-bond acceptors (Lipinski definition) is 3. The van der Waals surface area contributed by atoms with Gasteiger partial charge in [0.05, 0.1) is 17.6 Å². The summed E-state index contributed by atoms with van der Waals surface area (Å²) < 4.78 is 37.2. The summed E-state index contributed by atoms with van der Waals surface area (Å²) in [6, 6.07) is 5.74. The number of hydrogen-bond donors (Lipinski definition) is 2. The first kappa shape index (κ1) is 15.1. The molecule has 4 nitrogen and oxygen atoms in total. The molecule has 1 unspecified atom stereocenters. The molecule has 2 rings (SSSR count). The molecule has 2 aromatic rings. The number of benzene rings is 1. The zero-order valence-electron chi connectivity index (χ0n) is 11.1. The molecule has 1 aromatic carbocycles. The molecule has 0 spiro atoms. The minimum atomic E-state index is -4.32. The highest BCUT2D eigenvalue weighted by molar-refractivity contribution is 6.04. The number of nitrogens with zero attached hydrogens (tertiary/aromatic N) is 1. The van der Waals surface area contributed by atoms with Gasteiger partial charge in [-0.2, -0.15) is 13.2 Å². The van der Waals surface area contributed by atoms with E-state index in [0.717, 1.165) is 6.20 Å². The van der Waals surface area contributed by atoms with Crippen LogP contribution in [0.4, 0.5) is 18.9 Å². The van der Waals surface area contributed by atoms with Gasteiger partial charge in [0.1, 0.15) is 5.56 Å². The van der Waals surface area contributed by atoms with E-state index in [1.165, 1.54) is 6.92 Å². The van der Waals surface area contributed by atoms with E-state index in [2.05, 4.69) is 10.3 Å². The monoisotopic (exact) mass is 298 g/mol. The summed E-state index contributed by atoms with van der Waals surface area (Å²) in [5.74, 6) is -1.24. The summed E-state index contributed by atoms with van der Waals surface area (Å²) in [5, 5.41) is 12.3. The molecule has 1 aromatic heterocycles. The first-order chi connectivity index (χ1) is 9.78. The van der Waals surface area contributed by atoms with Gasteiger partial charge in [-0.15, -0.1) is 0 Å². The molecule has 21 heavy (non-hydrogen) atoms. The number of alkyl halides is 3. The largest absolute Gasteiger partial charge is 0.478 e. The number of aromatic nitrogens is 1. The lowest BCUT2D eigenvalue weighted by Crippen LogP contribution is -2.25. The van der Waals surface area contributed by atoms with Crippen molar-refractivity contribution in [2.24, 2.45) is 0 Å². The molecule has 0 saturated heterocycles. The molecular weight excluding hydrogens is 285 g/mol. The third-order valence-electron chi connectivity index (χ3n) is 2.93. The first-order valence-electron chi connectivity index (χ1n) is 6.22. The van der Waals surface area contributed by atoms with E-state index in [1.54, 1.807) is 24.3 Å². The van der Waals surface area contributed by atoms with Crippen LogP contribution in [0.15, 0.2) is 30.5 Å². The van der Waals surface area contributed by atoms with Gasteiger partial charge >= 0.3 is 12.1 Å². The Bertz CT molecular complexity index is 671. The smallest absolute Gasteiger partial charge is 0.391 e. The predicted octanol–water partition coefficient (Wildman–Crippen LogP) is 3.69. The van der Waals surface area contributed by atoms with Crippen LogP contribution in [0.25, 0.3) is 10.9 Å². The lowest BCUT2D eigenvalue weighted by molar-refractivity contribution is -0.136. The van der Waals surface area contributed by atoms with Gasteiger partial charge in [0, 0.05) is 17.6 Å². The minimum absolute atomic E-state index is 0.150. The number of halogens is 3. The number of aromatic carboxylic acids is 1. The fourth-order valence-electron chi connectivity index (χ4n) is 2.10. The standard InChI is InChI=1S/C14H13F3N2O2/c1-8(6-14(15,16)17)19-12-9-4-2-3-5-11(9)18-7-10(12)13(20)21/h2-5,7-8H,6H2,1H3,(H,18,19)(H,20,21). The molecule has 0 aliphatic heterocycles. The van der Waals surface area contributed by atoms with Crippen molar-refractivity contribution in [1.82, 2.24) is 4.98 Å². The van der Waals surface area contributed by atoms with Crippen molar-refractivity contribution in [3.8, 4) is 0 Å². The average Bonchev–Trinajstić information content (AvgIpc) is 2.36. The summed E-state index contributed by atoms with van der Waals surface area (Å²) in [7, 11) is 0. The number of pyridine rings is 1. The van der Waals surface area contributed by atoms with Crippen molar-refractivity contribution in [3.05, 3.63) is 36.0 Å². The molecule has 0 saturated carbocycles. The quantitative estimate of drug-likeness (QED) is 0.903. The fourth-order valence-corrected chi connectivity index (χ4v) is 2.10. The minimum Gasteiger partial charge on any atom is -0.478 e. The van der Waals surface area contributed by atoms with Gasteiger partial charge < -0.3 is 10.4 Å². The van der Waals surface area contributed by atoms with Crippen molar-refractivity contribution < 1.29 is 23.1 Å². The van der Waals surface area contributed by atoms with E-state index in [-0.39, 0.29) is 11.3 Å². The van der Waals surface area contributed by atoms with Gasteiger partial charge in [-0.05, 0) is 13.0 Å². The van der Waals surface area contributed by atoms with Crippen LogP contribution in [0, 0.1) is 0 Å². The maximum atomic E-state index is 12.4. The lowest BCUT2D eigenvalue weighted by atomic mass is 10.1. The Hall–Kier alpha value is -2.31. The van der Waals surface area contributed by atoms with E-state index in [1.807, 2.05) is 0 Å². The van der Waals surface area contributed by atoms with Crippen LogP contribution < -0.4 is 5.32 Å². The summed E-state index contributed by atoms with van der Waals surface area (Å²) in [4.78, 5) is 15.2. The second-order valence-corrected chi connectivity index (χ2v) is 4.73. The number of carboxylic acid groups (broad SMARTS) is 1. The third kappa shape index (κ3) is 3.62. The van der Waals surface area contributed by atoms with Gasteiger partial charge in [-0.3, -0.25) is 4.98 Å². The van der Waals surface area contributed by atoms with Crippen molar-refractivity contribution in [2.75, 3.05) is 5.32 Å². The van der Waals surface area contributed by atoms with E-state index in [9.17, 15) is 18.0 Å².